The van der Waals surface area contributed by atoms with E-state index in [-0.39, 0.29) is 17.1 Å². The van der Waals surface area contributed by atoms with Gasteiger partial charge in [0, 0.05) is 6.07 Å². The molecule has 8 heteroatoms. The van der Waals surface area contributed by atoms with Crippen LogP contribution in [-0.2, 0) is 0 Å². The summed E-state index contributed by atoms with van der Waals surface area (Å²) < 4.78 is 5.43. The standard InChI is InChI=1S/C12H16N4O4/c13-11(17)10-5-9(16(18)19)7-15-12(10)20-4-2-8-1-3-14-6-8/h5,7-8,14H,1-4,6H2,(H2,13,17). The van der Waals surface area contributed by atoms with Gasteiger partial charge in [-0.3, -0.25) is 14.9 Å². The predicted molar refractivity (Wildman–Crippen MR) is 70.5 cm³/mol. The molecule has 0 saturated carbocycles. The normalized spacial score (nSPS) is 17.9. The van der Waals surface area contributed by atoms with Crippen LogP contribution in [0.3, 0.4) is 0 Å². The van der Waals surface area contributed by atoms with E-state index in [4.69, 9.17) is 10.5 Å². The lowest BCUT2D eigenvalue weighted by molar-refractivity contribution is -0.385. The molecule has 3 N–H and O–H groups in total. The summed E-state index contributed by atoms with van der Waals surface area (Å²) in [6.45, 7) is 2.37. The fourth-order valence-corrected chi connectivity index (χ4v) is 2.12. The molecule has 1 unspecified atom stereocenters. The first-order valence-corrected chi connectivity index (χ1v) is 6.35. The third-order valence-corrected chi connectivity index (χ3v) is 3.24. The number of hydrogen-bond acceptors (Lipinski definition) is 6. The van der Waals surface area contributed by atoms with Crippen LogP contribution in [0.1, 0.15) is 23.2 Å². The Labute approximate surface area is 115 Å². The lowest BCUT2D eigenvalue weighted by atomic mass is 10.1. The summed E-state index contributed by atoms with van der Waals surface area (Å²) in [6.07, 6.45) is 2.99. The van der Waals surface area contributed by atoms with Gasteiger partial charge in [-0.15, -0.1) is 0 Å². The van der Waals surface area contributed by atoms with Crippen molar-refractivity contribution < 1.29 is 14.5 Å². The van der Waals surface area contributed by atoms with E-state index >= 15 is 0 Å². The van der Waals surface area contributed by atoms with E-state index in [1.807, 2.05) is 0 Å². The molecule has 1 aromatic heterocycles. The number of amides is 1. The number of pyridine rings is 1. The fraction of sp³-hybridized carbons (Fsp3) is 0.500. The molecule has 20 heavy (non-hydrogen) atoms. The lowest BCUT2D eigenvalue weighted by Gasteiger charge is -2.11. The molecule has 1 aromatic rings. The molecule has 0 bridgehead atoms. The maximum atomic E-state index is 11.3. The van der Waals surface area contributed by atoms with E-state index in [0.29, 0.717) is 12.5 Å². The zero-order valence-corrected chi connectivity index (χ0v) is 10.9. The molecule has 1 saturated heterocycles. The van der Waals surface area contributed by atoms with Gasteiger partial charge in [0.2, 0.25) is 5.88 Å². The highest BCUT2D eigenvalue weighted by Crippen LogP contribution is 2.21. The summed E-state index contributed by atoms with van der Waals surface area (Å²) in [5, 5.41) is 13.9. The molecule has 1 amide bonds. The molecular weight excluding hydrogens is 264 g/mol. The minimum atomic E-state index is -0.793. The minimum Gasteiger partial charge on any atom is -0.477 e. The number of nitro groups is 1. The highest BCUT2D eigenvalue weighted by molar-refractivity contribution is 5.95. The van der Waals surface area contributed by atoms with Crippen LogP contribution in [0.2, 0.25) is 0 Å². The predicted octanol–water partition coefficient (Wildman–Crippen LogP) is 0.467. The van der Waals surface area contributed by atoms with Gasteiger partial charge in [-0.1, -0.05) is 0 Å². The monoisotopic (exact) mass is 280 g/mol. The van der Waals surface area contributed by atoms with Crippen molar-refractivity contribution in [2.75, 3.05) is 19.7 Å². The van der Waals surface area contributed by atoms with Gasteiger partial charge in [0.15, 0.2) is 0 Å². The Morgan fingerprint density at radius 1 is 1.65 bits per heavy atom. The van der Waals surface area contributed by atoms with Crippen LogP contribution >= 0.6 is 0 Å². The number of rotatable bonds is 6. The quantitative estimate of drug-likeness (QED) is 0.577. The highest BCUT2D eigenvalue weighted by atomic mass is 16.6. The molecule has 2 heterocycles. The first kappa shape index (κ1) is 14.2. The number of hydrogen-bond donors (Lipinski definition) is 2. The van der Waals surface area contributed by atoms with Gasteiger partial charge in [-0.25, -0.2) is 4.98 Å². The number of carbonyl (C=O) groups is 1. The van der Waals surface area contributed by atoms with Gasteiger partial charge in [-0.2, -0.15) is 0 Å². The molecule has 1 atom stereocenters. The maximum Gasteiger partial charge on any atom is 0.288 e. The largest absolute Gasteiger partial charge is 0.477 e. The van der Waals surface area contributed by atoms with Crippen LogP contribution in [0.4, 0.5) is 5.69 Å². The SMILES string of the molecule is NC(=O)c1cc([N+](=O)[O-])cnc1OCCC1CCNC1. The molecule has 1 fully saturated rings. The number of primary amides is 1. The molecule has 8 nitrogen and oxygen atoms in total. The van der Waals surface area contributed by atoms with Crippen molar-refractivity contribution in [3.8, 4) is 5.88 Å². The van der Waals surface area contributed by atoms with Crippen molar-refractivity contribution in [2.24, 2.45) is 11.7 Å². The molecule has 0 aromatic carbocycles. The van der Waals surface area contributed by atoms with Crippen LogP contribution < -0.4 is 15.8 Å². The second-order valence-electron chi connectivity index (χ2n) is 4.66. The molecule has 0 radical (unpaired) electrons. The van der Waals surface area contributed by atoms with Crippen LogP contribution in [-0.4, -0.2) is 35.5 Å². The van der Waals surface area contributed by atoms with E-state index in [0.717, 1.165) is 38.2 Å². The van der Waals surface area contributed by atoms with Crippen molar-refractivity contribution in [2.45, 2.75) is 12.8 Å². The Balaban J connectivity index is 2.02. The molecule has 1 aliphatic heterocycles. The zero-order valence-electron chi connectivity index (χ0n) is 10.9. The van der Waals surface area contributed by atoms with E-state index < -0.39 is 10.8 Å². The topological polar surface area (TPSA) is 120 Å². The Kier molecular flexibility index (Phi) is 4.46. The van der Waals surface area contributed by atoms with Crippen molar-refractivity contribution in [1.29, 1.82) is 0 Å². The lowest BCUT2D eigenvalue weighted by Crippen LogP contribution is -2.16. The third-order valence-electron chi connectivity index (χ3n) is 3.24. The van der Waals surface area contributed by atoms with Gasteiger partial charge >= 0.3 is 0 Å². The Bertz CT molecular complexity index is 514. The number of nitrogens with zero attached hydrogens (tertiary/aromatic N) is 2. The third kappa shape index (κ3) is 3.41. The summed E-state index contributed by atoms with van der Waals surface area (Å²) in [6, 6.07) is 1.09. The Morgan fingerprint density at radius 2 is 2.45 bits per heavy atom. The van der Waals surface area contributed by atoms with Gasteiger partial charge in [0.25, 0.3) is 11.6 Å². The summed E-state index contributed by atoms with van der Waals surface area (Å²) in [5.74, 6) is -0.196. The fourth-order valence-electron chi connectivity index (χ4n) is 2.12. The van der Waals surface area contributed by atoms with Crippen molar-refractivity contribution >= 4 is 11.6 Å². The van der Waals surface area contributed by atoms with Gasteiger partial charge < -0.3 is 15.8 Å². The average Bonchev–Trinajstić information content (AvgIpc) is 2.91. The highest BCUT2D eigenvalue weighted by Gasteiger charge is 2.18. The summed E-state index contributed by atoms with van der Waals surface area (Å²) >= 11 is 0. The molecule has 0 spiro atoms. The second kappa shape index (κ2) is 6.29. The minimum absolute atomic E-state index is 0.0501. The summed E-state index contributed by atoms with van der Waals surface area (Å²) in [7, 11) is 0. The number of nitrogens with two attached hydrogens (primary N) is 1. The average molecular weight is 280 g/mol. The van der Waals surface area contributed by atoms with Crippen LogP contribution in [0.25, 0.3) is 0 Å². The molecule has 1 aliphatic rings. The van der Waals surface area contributed by atoms with E-state index in [2.05, 4.69) is 10.3 Å². The van der Waals surface area contributed by atoms with Gasteiger partial charge in [0.1, 0.15) is 11.8 Å². The molecule has 0 aliphatic carbocycles. The number of carbonyl (C=O) groups excluding carboxylic acids is 1. The van der Waals surface area contributed by atoms with Crippen molar-refractivity contribution in [3.05, 3.63) is 27.9 Å². The molecular formula is C12H16N4O4. The van der Waals surface area contributed by atoms with Crippen LogP contribution in [0, 0.1) is 16.0 Å². The Hall–Kier alpha value is -2.22. The first-order chi connectivity index (χ1) is 9.58. The number of ether oxygens (including phenoxy) is 1. The smallest absolute Gasteiger partial charge is 0.288 e. The van der Waals surface area contributed by atoms with E-state index in [1.165, 1.54) is 0 Å². The first-order valence-electron chi connectivity index (χ1n) is 6.35. The zero-order chi connectivity index (χ0) is 14.5. The maximum absolute atomic E-state index is 11.3. The van der Waals surface area contributed by atoms with Gasteiger partial charge in [0.05, 0.1) is 11.5 Å². The van der Waals surface area contributed by atoms with Crippen LogP contribution in [0.15, 0.2) is 12.3 Å². The summed E-state index contributed by atoms with van der Waals surface area (Å²) in [4.78, 5) is 25.1. The van der Waals surface area contributed by atoms with Crippen molar-refractivity contribution in [3.63, 3.8) is 0 Å². The van der Waals surface area contributed by atoms with E-state index in [1.54, 1.807) is 0 Å². The van der Waals surface area contributed by atoms with Gasteiger partial charge in [-0.05, 0) is 31.8 Å². The van der Waals surface area contributed by atoms with Crippen molar-refractivity contribution in [1.82, 2.24) is 10.3 Å². The second-order valence-corrected chi connectivity index (χ2v) is 4.66. The summed E-state index contributed by atoms with van der Waals surface area (Å²) in [5.41, 5.74) is 4.83. The molecule has 108 valence electrons. The number of aromatic nitrogens is 1. The van der Waals surface area contributed by atoms with E-state index in [9.17, 15) is 14.9 Å². The van der Waals surface area contributed by atoms with Crippen LogP contribution in [0.5, 0.6) is 5.88 Å². The number of nitrogens with one attached hydrogen (secondary N) is 1. The molecule has 2 rings (SSSR count). The Morgan fingerprint density at radius 3 is 3.05 bits per heavy atom.